The van der Waals surface area contributed by atoms with Gasteiger partial charge < -0.3 is 9.84 Å². The molecular formula is C26H36O7. The van der Waals surface area contributed by atoms with E-state index >= 15 is 0 Å². The molecule has 7 heteroatoms. The first kappa shape index (κ1) is 24.1. The van der Waals surface area contributed by atoms with Crippen LogP contribution in [0.2, 0.25) is 0 Å². The summed E-state index contributed by atoms with van der Waals surface area (Å²) in [7, 11) is 0. The lowest BCUT2D eigenvalue weighted by atomic mass is 9.62. The van der Waals surface area contributed by atoms with Gasteiger partial charge in [0.15, 0.2) is 0 Å². The number of hydrogen-bond acceptors (Lipinski definition) is 6. The smallest absolute Gasteiger partial charge is 0.306 e. The van der Waals surface area contributed by atoms with Crippen LogP contribution in [0, 0.1) is 34.5 Å². The van der Waals surface area contributed by atoms with Gasteiger partial charge in [0.1, 0.15) is 23.5 Å². The van der Waals surface area contributed by atoms with Crippen molar-refractivity contribution >= 4 is 29.3 Å². The third-order valence-electron chi connectivity index (χ3n) is 9.66. The first-order valence-corrected chi connectivity index (χ1v) is 12.6. The predicted octanol–water partition coefficient (Wildman–Crippen LogP) is 3.90. The summed E-state index contributed by atoms with van der Waals surface area (Å²) in [5.41, 5.74) is -0.738. The van der Waals surface area contributed by atoms with Gasteiger partial charge in [0.25, 0.3) is 0 Å². The number of hydrogen-bond donors (Lipinski definition) is 1. The van der Waals surface area contributed by atoms with Gasteiger partial charge in [0.05, 0.1) is 0 Å². The lowest BCUT2D eigenvalue weighted by molar-refractivity contribution is -0.158. The molecule has 0 aromatic rings. The van der Waals surface area contributed by atoms with E-state index in [0.717, 1.165) is 12.8 Å². The van der Waals surface area contributed by atoms with Crippen molar-refractivity contribution in [3.8, 4) is 0 Å². The molecule has 0 amide bonds. The van der Waals surface area contributed by atoms with Gasteiger partial charge in [-0.1, -0.05) is 13.8 Å². The van der Waals surface area contributed by atoms with Crippen LogP contribution in [-0.4, -0.2) is 40.5 Å². The maximum Gasteiger partial charge on any atom is 0.306 e. The standard InChI is InChI=1S/C26H36O7/c1-25-13-11-19(27)16(17(25)5-7-21(25)29)4-10-24(32)33-22-8-6-18-15(3-9-23(30)31)20(28)12-14-26(18,22)2/h15-18,22H,3-14H2,1-2H3,(H,30,31). The Morgan fingerprint density at radius 1 is 0.879 bits per heavy atom. The Hall–Kier alpha value is -2.05. The summed E-state index contributed by atoms with van der Waals surface area (Å²) < 4.78 is 5.93. The Bertz CT molecular complexity index is 863. The third kappa shape index (κ3) is 4.28. The van der Waals surface area contributed by atoms with Crippen LogP contribution in [0.1, 0.15) is 90.9 Å². The Morgan fingerprint density at radius 3 is 2.21 bits per heavy atom. The largest absolute Gasteiger partial charge is 0.481 e. The second-order valence-corrected chi connectivity index (χ2v) is 11.3. The van der Waals surface area contributed by atoms with Crippen molar-refractivity contribution in [1.82, 2.24) is 0 Å². The fraction of sp³-hybridized carbons (Fsp3) is 0.808. The fourth-order valence-corrected chi connectivity index (χ4v) is 7.59. The van der Waals surface area contributed by atoms with Gasteiger partial charge in [-0.2, -0.15) is 0 Å². The van der Waals surface area contributed by atoms with E-state index in [9.17, 15) is 24.0 Å². The van der Waals surface area contributed by atoms with Crippen molar-refractivity contribution in [3.63, 3.8) is 0 Å². The van der Waals surface area contributed by atoms with Crippen molar-refractivity contribution in [2.24, 2.45) is 34.5 Å². The van der Waals surface area contributed by atoms with Crippen molar-refractivity contribution < 1.29 is 33.8 Å². The van der Waals surface area contributed by atoms with Gasteiger partial charge >= 0.3 is 11.9 Å². The van der Waals surface area contributed by atoms with Crippen molar-refractivity contribution in [3.05, 3.63) is 0 Å². The molecule has 1 N–H and O–H groups in total. The Labute approximate surface area is 195 Å². The van der Waals surface area contributed by atoms with Crippen LogP contribution in [0.3, 0.4) is 0 Å². The average molecular weight is 461 g/mol. The van der Waals surface area contributed by atoms with E-state index < -0.39 is 11.4 Å². The van der Waals surface area contributed by atoms with E-state index in [1.165, 1.54) is 0 Å². The highest BCUT2D eigenvalue weighted by atomic mass is 16.5. The summed E-state index contributed by atoms with van der Waals surface area (Å²) in [6.45, 7) is 4.05. The number of carbonyl (C=O) groups is 5. The van der Waals surface area contributed by atoms with Gasteiger partial charge in [0, 0.05) is 54.8 Å². The summed E-state index contributed by atoms with van der Waals surface area (Å²) in [4.78, 5) is 61.4. The van der Waals surface area contributed by atoms with Gasteiger partial charge in [-0.3, -0.25) is 24.0 Å². The number of aliphatic carboxylic acids is 1. The quantitative estimate of drug-likeness (QED) is 0.573. The van der Waals surface area contributed by atoms with Gasteiger partial charge in [-0.25, -0.2) is 0 Å². The van der Waals surface area contributed by atoms with Gasteiger partial charge in [0.2, 0.25) is 0 Å². The Kier molecular flexibility index (Phi) is 6.53. The number of carbonyl (C=O) groups excluding carboxylic acids is 4. The minimum Gasteiger partial charge on any atom is -0.481 e. The molecule has 0 aromatic carbocycles. The summed E-state index contributed by atoms with van der Waals surface area (Å²) in [6.07, 6.45) is 5.42. The molecule has 4 aliphatic rings. The lowest BCUT2D eigenvalue weighted by Gasteiger charge is -2.43. The molecule has 7 nitrogen and oxygen atoms in total. The molecule has 4 fully saturated rings. The zero-order valence-electron chi connectivity index (χ0n) is 19.8. The summed E-state index contributed by atoms with van der Waals surface area (Å²) in [6, 6.07) is 0. The first-order chi connectivity index (χ1) is 15.6. The molecule has 0 aliphatic heterocycles. The number of esters is 1. The molecule has 0 heterocycles. The minimum atomic E-state index is -0.895. The number of fused-ring (bicyclic) bond motifs is 2. The summed E-state index contributed by atoms with van der Waals surface area (Å²) >= 11 is 0. The molecule has 0 saturated heterocycles. The van der Waals surface area contributed by atoms with Crippen molar-refractivity contribution in [1.29, 1.82) is 0 Å². The van der Waals surface area contributed by atoms with Crippen LogP contribution < -0.4 is 0 Å². The molecule has 4 saturated carbocycles. The molecule has 7 atom stereocenters. The number of carboxylic acid groups (broad SMARTS) is 1. The molecular weight excluding hydrogens is 424 g/mol. The Balaban J connectivity index is 1.36. The van der Waals surface area contributed by atoms with Crippen molar-refractivity contribution in [2.75, 3.05) is 0 Å². The molecule has 0 spiro atoms. The van der Waals surface area contributed by atoms with E-state index in [4.69, 9.17) is 9.84 Å². The van der Waals surface area contributed by atoms with Crippen LogP contribution in [0.15, 0.2) is 0 Å². The maximum atomic E-state index is 12.8. The summed E-state index contributed by atoms with van der Waals surface area (Å²) in [5.74, 6) is -1.10. The zero-order valence-corrected chi connectivity index (χ0v) is 19.8. The van der Waals surface area contributed by atoms with E-state index in [1.807, 2.05) is 6.92 Å². The highest BCUT2D eigenvalue weighted by Crippen LogP contribution is 2.56. The van der Waals surface area contributed by atoms with E-state index in [2.05, 4.69) is 6.92 Å². The van der Waals surface area contributed by atoms with Crippen LogP contribution in [0.4, 0.5) is 0 Å². The van der Waals surface area contributed by atoms with Gasteiger partial charge in [-0.05, 0) is 56.8 Å². The second kappa shape index (κ2) is 8.95. The number of carboxylic acids is 1. The van der Waals surface area contributed by atoms with Crippen LogP contribution in [-0.2, 0) is 28.7 Å². The van der Waals surface area contributed by atoms with Crippen LogP contribution in [0.5, 0.6) is 0 Å². The molecule has 182 valence electrons. The van der Waals surface area contributed by atoms with Crippen molar-refractivity contribution in [2.45, 2.75) is 97.0 Å². The van der Waals surface area contributed by atoms with Crippen LogP contribution in [0.25, 0.3) is 0 Å². The molecule has 0 radical (unpaired) electrons. The highest BCUT2D eigenvalue weighted by Gasteiger charge is 2.56. The maximum absolute atomic E-state index is 12.8. The second-order valence-electron chi connectivity index (χ2n) is 11.3. The van der Waals surface area contributed by atoms with E-state index in [-0.39, 0.29) is 71.4 Å². The number of ether oxygens (including phenoxy) is 1. The van der Waals surface area contributed by atoms with E-state index in [1.54, 1.807) is 0 Å². The third-order valence-corrected chi connectivity index (χ3v) is 9.66. The molecule has 7 unspecified atom stereocenters. The average Bonchev–Trinajstić information content (AvgIpc) is 3.24. The molecule has 4 rings (SSSR count). The highest BCUT2D eigenvalue weighted by molar-refractivity contribution is 5.92. The summed E-state index contributed by atoms with van der Waals surface area (Å²) in [5, 5.41) is 9.06. The topological polar surface area (TPSA) is 115 Å². The number of ketones is 3. The SMILES string of the molecule is CC12CCC(=O)C(CCC(=O)OC3CCC4C(CCC(=O)O)C(=O)CCC34C)C1CCC2=O. The fourth-order valence-electron chi connectivity index (χ4n) is 7.59. The molecule has 0 bridgehead atoms. The van der Waals surface area contributed by atoms with Crippen LogP contribution >= 0.6 is 0 Å². The molecule has 33 heavy (non-hydrogen) atoms. The predicted molar refractivity (Wildman–Crippen MR) is 118 cm³/mol. The zero-order chi connectivity index (χ0) is 24.0. The van der Waals surface area contributed by atoms with Gasteiger partial charge in [-0.15, -0.1) is 0 Å². The first-order valence-electron chi connectivity index (χ1n) is 12.6. The minimum absolute atomic E-state index is 0.0224. The number of Topliss-reactive ketones (excluding diaryl/α,β-unsaturated/α-hetero) is 3. The molecule has 4 aliphatic carbocycles. The molecule has 0 aromatic heterocycles. The monoisotopic (exact) mass is 460 g/mol. The lowest BCUT2D eigenvalue weighted by Crippen LogP contribution is -2.45. The van der Waals surface area contributed by atoms with E-state index in [0.29, 0.717) is 51.4 Å². The Morgan fingerprint density at radius 2 is 1.52 bits per heavy atom. The normalized spacial score (nSPS) is 40.4. The number of rotatable bonds is 7.